The van der Waals surface area contributed by atoms with Gasteiger partial charge in [0.15, 0.2) is 0 Å². The predicted molar refractivity (Wildman–Crippen MR) is 98.9 cm³/mol. The van der Waals surface area contributed by atoms with Crippen LogP contribution in [0, 0.1) is 13.8 Å². The zero-order valence-electron chi connectivity index (χ0n) is 15.5. The van der Waals surface area contributed by atoms with E-state index >= 15 is 0 Å². The molecule has 134 valence electrons. The van der Waals surface area contributed by atoms with Gasteiger partial charge in [-0.25, -0.2) is 15.0 Å². The van der Waals surface area contributed by atoms with E-state index in [9.17, 15) is 0 Å². The maximum absolute atomic E-state index is 5.99. The van der Waals surface area contributed by atoms with Gasteiger partial charge in [-0.1, -0.05) is 0 Å². The number of nitrogens with one attached hydrogen (secondary N) is 1. The van der Waals surface area contributed by atoms with Gasteiger partial charge in [0.05, 0.1) is 17.9 Å². The summed E-state index contributed by atoms with van der Waals surface area (Å²) in [5, 5.41) is 3.45. The lowest BCUT2D eigenvalue weighted by Gasteiger charge is -2.28. The van der Waals surface area contributed by atoms with Gasteiger partial charge in [-0.05, 0) is 46.7 Å². The fraction of sp³-hybridized carbons (Fsp3) is 0.526. The third kappa shape index (κ3) is 4.66. The van der Waals surface area contributed by atoms with Gasteiger partial charge < -0.3 is 15.0 Å². The number of piperidine rings is 1. The SMILES string of the molecule is Cc1ncc([C@@H](C)Nc2ccc(OC3CCN(C)CC3)nc2)c(C)n1. The summed E-state index contributed by atoms with van der Waals surface area (Å²) in [6, 6.07) is 4.06. The van der Waals surface area contributed by atoms with Gasteiger partial charge in [0.2, 0.25) is 5.88 Å². The number of nitrogens with zero attached hydrogens (tertiary/aromatic N) is 4. The molecule has 6 nitrogen and oxygen atoms in total. The smallest absolute Gasteiger partial charge is 0.213 e. The number of likely N-dealkylation sites (tertiary alicyclic amines) is 1. The van der Waals surface area contributed by atoms with Crippen LogP contribution in [-0.2, 0) is 0 Å². The normalized spacial score (nSPS) is 17.3. The molecule has 1 atom stereocenters. The molecule has 1 aliphatic heterocycles. The molecule has 0 saturated carbocycles. The van der Waals surface area contributed by atoms with E-state index in [4.69, 9.17) is 4.74 Å². The minimum absolute atomic E-state index is 0.114. The molecule has 2 aromatic rings. The van der Waals surface area contributed by atoms with E-state index in [1.54, 1.807) is 0 Å². The topological polar surface area (TPSA) is 63.2 Å². The van der Waals surface area contributed by atoms with Crippen LogP contribution in [0.2, 0.25) is 0 Å². The number of hydrogen-bond donors (Lipinski definition) is 1. The third-order valence-corrected chi connectivity index (χ3v) is 4.68. The van der Waals surface area contributed by atoms with E-state index in [1.165, 1.54) is 0 Å². The largest absolute Gasteiger partial charge is 0.474 e. The van der Waals surface area contributed by atoms with E-state index in [1.807, 2.05) is 38.4 Å². The average molecular weight is 341 g/mol. The van der Waals surface area contributed by atoms with Crippen LogP contribution >= 0.6 is 0 Å². The molecule has 1 N–H and O–H groups in total. The molecule has 1 aliphatic rings. The Morgan fingerprint density at radius 1 is 1.16 bits per heavy atom. The van der Waals surface area contributed by atoms with Gasteiger partial charge in [-0.2, -0.15) is 0 Å². The van der Waals surface area contributed by atoms with E-state index in [0.29, 0.717) is 5.88 Å². The summed E-state index contributed by atoms with van der Waals surface area (Å²) in [5.41, 5.74) is 3.06. The molecule has 0 unspecified atom stereocenters. The van der Waals surface area contributed by atoms with Crippen molar-refractivity contribution in [1.82, 2.24) is 19.9 Å². The maximum Gasteiger partial charge on any atom is 0.213 e. The molecule has 0 aromatic carbocycles. The second kappa shape index (κ2) is 7.78. The summed E-state index contributed by atoms with van der Waals surface area (Å²) < 4.78 is 5.99. The number of rotatable bonds is 5. The fourth-order valence-corrected chi connectivity index (χ4v) is 3.15. The molecular formula is C19H27N5O. The molecule has 1 saturated heterocycles. The number of aromatic nitrogens is 3. The molecular weight excluding hydrogens is 314 g/mol. The monoisotopic (exact) mass is 341 g/mol. The molecule has 3 heterocycles. The lowest BCUT2D eigenvalue weighted by molar-refractivity contribution is 0.110. The molecule has 1 fully saturated rings. The van der Waals surface area contributed by atoms with E-state index in [-0.39, 0.29) is 12.1 Å². The first-order chi connectivity index (χ1) is 12.0. The summed E-state index contributed by atoms with van der Waals surface area (Å²) in [6.07, 6.45) is 6.10. The van der Waals surface area contributed by atoms with Gasteiger partial charge in [0.25, 0.3) is 0 Å². The van der Waals surface area contributed by atoms with Gasteiger partial charge >= 0.3 is 0 Å². The number of ether oxygens (including phenoxy) is 1. The van der Waals surface area contributed by atoms with Crippen LogP contribution < -0.4 is 10.1 Å². The highest BCUT2D eigenvalue weighted by molar-refractivity contribution is 5.44. The molecule has 0 aliphatic carbocycles. The predicted octanol–water partition coefficient (Wildman–Crippen LogP) is 3.13. The van der Waals surface area contributed by atoms with E-state index < -0.39 is 0 Å². The number of anilines is 1. The van der Waals surface area contributed by atoms with Crippen LogP contribution in [0.25, 0.3) is 0 Å². The Hall–Kier alpha value is -2.21. The Bertz CT molecular complexity index is 695. The summed E-state index contributed by atoms with van der Waals surface area (Å²) in [5.74, 6) is 1.49. The van der Waals surface area contributed by atoms with Crippen molar-refractivity contribution < 1.29 is 4.74 Å². The van der Waals surface area contributed by atoms with Crippen molar-refractivity contribution in [2.45, 2.75) is 45.8 Å². The zero-order valence-corrected chi connectivity index (χ0v) is 15.5. The Labute approximate surface area is 149 Å². The van der Waals surface area contributed by atoms with Gasteiger partial charge in [0, 0.05) is 36.6 Å². The highest BCUT2D eigenvalue weighted by atomic mass is 16.5. The van der Waals surface area contributed by atoms with Crippen molar-refractivity contribution in [3.63, 3.8) is 0 Å². The second-order valence-corrected chi connectivity index (χ2v) is 6.83. The average Bonchev–Trinajstić information content (AvgIpc) is 2.58. The van der Waals surface area contributed by atoms with Gasteiger partial charge in [-0.3, -0.25) is 0 Å². The first-order valence-electron chi connectivity index (χ1n) is 8.89. The maximum atomic E-state index is 5.99. The van der Waals surface area contributed by atoms with E-state index in [0.717, 1.165) is 48.7 Å². The molecule has 6 heteroatoms. The Kier molecular flexibility index (Phi) is 5.48. The number of pyridine rings is 1. The van der Waals surface area contributed by atoms with Crippen LogP contribution in [-0.4, -0.2) is 46.1 Å². The minimum atomic E-state index is 0.114. The first kappa shape index (κ1) is 17.6. The van der Waals surface area contributed by atoms with Gasteiger partial charge in [-0.15, -0.1) is 0 Å². The van der Waals surface area contributed by atoms with Crippen LogP contribution in [0.15, 0.2) is 24.5 Å². The standard InChI is InChI=1S/C19H27N5O/c1-13-18(12-20-15(3)22-13)14(2)23-16-5-6-19(21-11-16)25-17-7-9-24(4)10-8-17/h5-6,11-12,14,17,23H,7-10H2,1-4H3/t14-/m1/s1. The lowest BCUT2D eigenvalue weighted by atomic mass is 10.1. The van der Waals surface area contributed by atoms with Gasteiger partial charge in [0.1, 0.15) is 11.9 Å². The zero-order chi connectivity index (χ0) is 17.8. The summed E-state index contributed by atoms with van der Waals surface area (Å²) >= 11 is 0. The Morgan fingerprint density at radius 2 is 1.92 bits per heavy atom. The molecule has 0 amide bonds. The first-order valence-corrected chi connectivity index (χ1v) is 8.89. The van der Waals surface area contributed by atoms with Crippen molar-refractivity contribution in [2.24, 2.45) is 0 Å². The molecule has 0 bridgehead atoms. The Balaban J connectivity index is 1.58. The van der Waals surface area contributed by atoms with Crippen LogP contribution in [0.1, 0.15) is 42.9 Å². The molecule has 2 aromatic heterocycles. The highest BCUT2D eigenvalue weighted by Gasteiger charge is 2.18. The summed E-state index contributed by atoms with van der Waals surface area (Å²) in [7, 11) is 2.15. The fourth-order valence-electron chi connectivity index (χ4n) is 3.15. The van der Waals surface area contributed by atoms with Crippen molar-refractivity contribution in [1.29, 1.82) is 0 Å². The number of hydrogen-bond acceptors (Lipinski definition) is 6. The quantitative estimate of drug-likeness (QED) is 0.901. The molecule has 25 heavy (non-hydrogen) atoms. The summed E-state index contributed by atoms with van der Waals surface area (Å²) in [6.45, 7) is 8.18. The molecule has 3 rings (SSSR count). The Morgan fingerprint density at radius 3 is 2.56 bits per heavy atom. The second-order valence-electron chi connectivity index (χ2n) is 6.83. The van der Waals surface area contributed by atoms with Crippen molar-refractivity contribution in [2.75, 3.05) is 25.5 Å². The van der Waals surface area contributed by atoms with E-state index in [2.05, 4.69) is 39.1 Å². The highest BCUT2D eigenvalue weighted by Crippen LogP contribution is 2.22. The van der Waals surface area contributed by atoms with Crippen molar-refractivity contribution >= 4 is 5.69 Å². The van der Waals surface area contributed by atoms with Crippen molar-refractivity contribution in [3.05, 3.63) is 41.6 Å². The summed E-state index contributed by atoms with van der Waals surface area (Å²) in [4.78, 5) is 15.5. The minimum Gasteiger partial charge on any atom is -0.474 e. The molecule has 0 spiro atoms. The number of aryl methyl sites for hydroxylation is 2. The molecule has 0 radical (unpaired) electrons. The lowest BCUT2D eigenvalue weighted by Crippen LogP contribution is -2.35. The van der Waals surface area contributed by atoms with Crippen LogP contribution in [0.3, 0.4) is 0 Å². The van der Waals surface area contributed by atoms with Crippen LogP contribution in [0.4, 0.5) is 5.69 Å². The van der Waals surface area contributed by atoms with Crippen molar-refractivity contribution in [3.8, 4) is 5.88 Å². The third-order valence-electron chi connectivity index (χ3n) is 4.68. The van der Waals surface area contributed by atoms with Crippen LogP contribution in [0.5, 0.6) is 5.88 Å².